The Bertz CT molecular complexity index is 1230. The smallest absolute Gasteiger partial charge is 0.150 e. The number of allylic oxidation sites excluding steroid dienone is 1. The molecule has 2 heterocycles. The zero-order valence-electron chi connectivity index (χ0n) is 21.3. The number of fused-ring (bicyclic) bond motifs is 1. The van der Waals surface area contributed by atoms with Crippen LogP contribution in [0.4, 0.5) is 13.2 Å². The van der Waals surface area contributed by atoms with Crippen molar-refractivity contribution in [1.29, 1.82) is 0 Å². The summed E-state index contributed by atoms with van der Waals surface area (Å²) in [7, 11) is 0. The van der Waals surface area contributed by atoms with Gasteiger partial charge in [0.15, 0.2) is 0 Å². The van der Waals surface area contributed by atoms with Crippen molar-refractivity contribution >= 4 is 11.1 Å². The third kappa shape index (κ3) is 5.93. The molecule has 5 rings (SSSR count). The molecule has 2 aliphatic rings. The number of rotatable bonds is 7. The summed E-state index contributed by atoms with van der Waals surface area (Å²) in [5.74, 6) is 0.143. The predicted molar refractivity (Wildman–Crippen MR) is 140 cm³/mol. The van der Waals surface area contributed by atoms with Crippen LogP contribution in [0.15, 0.2) is 60.7 Å². The molecular weight excluding hydrogens is 479 g/mol. The molecule has 3 aromatic rings. The van der Waals surface area contributed by atoms with Gasteiger partial charge in [0.2, 0.25) is 0 Å². The summed E-state index contributed by atoms with van der Waals surface area (Å²) in [5.41, 5.74) is 3.22. The minimum Gasteiger partial charge on any atom is -0.508 e. The highest BCUT2D eigenvalue weighted by molar-refractivity contribution is 5.95. The van der Waals surface area contributed by atoms with Gasteiger partial charge in [-0.1, -0.05) is 26.0 Å². The second kappa shape index (κ2) is 11.7. The molecule has 0 bridgehead atoms. The minimum absolute atomic E-state index is 0.0786. The Kier molecular flexibility index (Phi) is 8.44. The van der Waals surface area contributed by atoms with E-state index in [0.717, 1.165) is 36.8 Å². The van der Waals surface area contributed by atoms with Crippen LogP contribution in [0.25, 0.3) is 11.1 Å². The second-order valence-corrected chi connectivity index (χ2v) is 9.07. The first-order chi connectivity index (χ1) is 17.9. The lowest BCUT2D eigenvalue weighted by atomic mass is 9.86. The number of hydrogen-bond donors (Lipinski definition) is 1. The third-order valence-electron chi connectivity index (χ3n) is 6.56. The molecule has 1 atom stereocenters. The van der Waals surface area contributed by atoms with Crippen molar-refractivity contribution in [2.24, 2.45) is 5.92 Å². The van der Waals surface area contributed by atoms with Crippen LogP contribution in [0.1, 0.15) is 43.6 Å². The number of hydrogen-bond acceptors (Lipinski definition) is 4. The normalized spacial score (nSPS) is 17.3. The molecule has 0 radical (unpaired) electrons. The fourth-order valence-electron chi connectivity index (χ4n) is 4.74. The fourth-order valence-corrected chi connectivity index (χ4v) is 4.74. The zero-order valence-corrected chi connectivity index (χ0v) is 21.3. The second-order valence-electron chi connectivity index (χ2n) is 9.07. The van der Waals surface area contributed by atoms with Gasteiger partial charge in [0.05, 0.1) is 6.67 Å². The van der Waals surface area contributed by atoms with Crippen molar-refractivity contribution in [2.45, 2.75) is 26.9 Å². The van der Waals surface area contributed by atoms with Crippen LogP contribution in [0.5, 0.6) is 17.2 Å². The number of ether oxygens (including phenoxy) is 2. The van der Waals surface area contributed by atoms with E-state index in [0.29, 0.717) is 34.8 Å². The fraction of sp³-hybridized carbons (Fsp3) is 0.333. The number of phenols is 1. The molecule has 1 saturated heterocycles. The van der Waals surface area contributed by atoms with Crippen LogP contribution in [0.3, 0.4) is 0 Å². The molecule has 0 aromatic heterocycles. The van der Waals surface area contributed by atoms with Crippen LogP contribution in [0, 0.1) is 17.6 Å². The maximum atomic E-state index is 14.1. The molecule has 1 unspecified atom stereocenters. The SMILES string of the molecule is CC.CC1=C(c2cc(F)cc(F)c2)C(c2ccc(OCCN3CC(CF)C3)cc2)Oc2ccc(O)cc21. The van der Waals surface area contributed by atoms with Gasteiger partial charge in [-0.2, -0.15) is 0 Å². The number of benzene rings is 3. The average molecular weight is 512 g/mol. The summed E-state index contributed by atoms with van der Waals surface area (Å²) in [6.07, 6.45) is -0.610. The van der Waals surface area contributed by atoms with E-state index < -0.39 is 17.7 Å². The summed E-state index contributed by atoms with van der Waals surface area (Å²) >= 11 is 0. The van der Waals surface area contributed by atoms with E-state index in [9.17, 15) is 18.3 Å². The zero-order chi connectivity index (χ0) is 26.5. The van der Waals surface area contributed by atoms with Crippen LogP contribution >= 0.6 is 0 Å². The largest absolute Gasteiger partial charge is 0.508 e. The lowest BCUT2D eigenvalue weighted by Gasteiger charge is -2.37. The Morgan fingerprint density at radius 3 is 2.30 bits per heavy atom. The van der Waals surface area contributed by atoms with Gasteiger partial charge in [-0.15, -0.1) is 0 Å². The molecule has 4 nitrogen and oxygen atoms in total. The van der Waals surface area contributed by atoms with E-state index in [-0.39, 0.29) is 18.3 Å². The average Bonchev–Trinajstić information content (AvgIpc) is 2.86. The van der Waals surface area contributed by atoms with Gasteiger partial charge in [0.1, 0.15) is 41.6 Å². The maximum absolute atomic E-state index is 14.1. The Hall–Kier alpha value is -3.45. The number of nitrogens with zero attached hydrogens (tertiary/aromatic N) is 1. The topological polar surface area (TPSA) is 41.9 Å². The van der Waals surface area contributed by atoms with Crippen LogP contribution in [-0.2, 0) is 0 Å². The van der Waals surface area contributed by atoms with Crippen molar-refractivity contribution in [3.63, 3.8) is 0 Å². The molecule has 0 saturated carbocycles. The number of aromatic hydroxyl groups is 1. The highest BCUT2D eigenvalue weighted by atomic mass is 19.1. The molecule has 2 aliphatic heterocycles. The Labute approximate surface area is 216 Å². The van der Waals surface area contributed by atoms with E-state index in [2.05, 4.69) is 4.90 Å². The van der Waals surface area contributed by atoms with E-state index >= 15 is 0 Å². The Balaban J connectivity index is 0.00000156. The molecule has 1 N–H and O–H groups in total. The maximum Gasteiger partial charge on any atom is 0.150 e. The van der Waals surface area contributed by atoms with Gasteiger partial charge in [-0.3, -0.25) is 9.29 Å². The standard InChI is InChI=1S/C28H26F3NO3.C2H6/c1-17-25-13-23(33)4-7-26(25)35-28(27(17)20-10-21(30)12-22(31)11-20)19-2-5-24(6-3-19)34-9-8-32-15-18(14-29)16-32;1-2/h2-7,10-13,18,28,33H,8-9,14-16H2,1H3;1-2H3. The Morgan fingerprint density at radius 2 is 1.65 bits per heavy atom. The molecule has 0 spiro atoms. The van der Waals surface area contributed by atoms with Crippen molar-refractivity contribution in [3.05, 3.63) is 89.0 Å². The minimum atomic E-state index is -0.676. The van der Waals surface area contributed by atoms with Crippen LogP contribution in [-0.4, -0.2) is 42.9 Å². The van der Waals surface area contributed by atoms with Crippen molar-refractivity contribution in [1.82, 2.24) is 4.90 Å². The molecule has 3 aromatic carbocycles. The summed E-state index contributed by atoms with van der Waals surface area (Å²) in [6, 6.07) is 15.6. The quantitative estimate of drug-likeness (QED) is 0.369. The molecular formula is C30H32F3NO3. The van der Waals surface area contributed by atoms with Crippen molar-refractivity contribution in [2.75, 3.05) is 32.9 Å². The van der Waals surface area contributed by atoms with Gasteiger partial charge in [-0.05, 0) is 66.1 Å². The number of likely N-dealkylation sites (tertiary alicyclic amines) is 1. The number of alkyl halides is 1. The lowest BCUT2D eigenvalue weighted by molar-refractivity contribution is 0.0668. The highest BCUT2D eigenvalue weighted by Gasteiger charge is 2.30. The van der Waals surface area contributed by atoms with Gasteiger partial charge in [-0.25, -0.2) is 8.78 Å². The van der Waals surface area contributed by atoms with Gasteiger partial charge in [0.25, 0.3) is 0 Å². The van der Waals surface area contributed by atoms with Crippen molar-refractivity contribution in [3.8, 4) is 17.2 Å². The van der Waals surface area contributed by atoms with Gasteiger partial charge >= 0.3 is 0 Å². The number of phenolic OH excluding ortho intramolecular Hbond substituents is 1. The monoisotopic (exact) mass is 511 g/mol. The van der Waals surface area contributed by atoms with E-state index in [4.69, 9.17) is 9.47 Å². The molecule has 0 amide bonds. The van der Waals surface area contributed by atoms with Crippen molar-refractivity contribution < 1.29 is 27.8 Å². The first-order valence-corrected chi connectivity index (χ1v) is 12.6. The third-order valence-corrected chi connectivity index (χ3v) is 6.56. The van der Waals surface area contributed by atoms with Gasteiger partial charge in [0, 0.05) is 42.8 Å². The summed E-state index contributed by atoms with van der Waals surface area (Å²) in [6.45, 7) is 8.36. The van der Waals surface area contributed by atoms with E-state index in [1.54, 1.807) is 18.2 Å². The predicted octanol–water partition coefficient (Wildman–Crippen LogP) is 7.04. The highest BCUT2D eigenvalue weighted by Crippen LogP contribution is 2.47. The summed E-state index contributed by atoms with van der Waals surface area (Å²) in [5, 5.41) is 9.98. The molecule has 1 fully saturated rings. The number of halogens is 3. The molecule has 7 heteroatoms. The molecule has 0 aliphatic carbocycles. The first kappa shape index (κ1) is 26.6. The van der Waals surface area contributed by atoms with E-state index in [1.807, 2.05) is 45.0 Å². The summed E-state index contributed by atoms with van der Waals surface area (Å²) < 4.78 is 52.9. The van der Waals surface area contributed by atoms with Crippen LogP contribution in [0.2, 0.25) is 0 Å². The first-order valence-electron chi connectivity index (χ1n) is 12.6. The summed E-state index contributed by atoms with van der Waals surface area (Å²) in [4.78, 5) is 2.15. The van der Waals surface area contributed by atoms with Crippen LogP contribution < -0.4 is 9.47 Å². The lowest BCUT2D eigenvalue weighted by Crippen LogP contribution is -2.49. The molecule has 37 heavy (non-hydrogen) atoms. The molecule has 196 valence electrons. The Morgan fingerprint density at radius 1 is 0.973 bits per heavy atom. The van der Waals surface area contributed by atoms with E-state index in [1.165, 1.54) is 12.1 Å². The van der Waals surface area contributed by atoms with Gasteiger partial charge < -0.3 is 14.6 Å².